The van der Waals surface area contributed by atoms with E-state index in [4.69, 9.17) is 4.74 Å². The zero-order chi connectivity index (χ0) is 24.5. The average molecular weight is 455 g/mol. The van der Waals surface area contributed by atoms with Crippen LogP contribution in [-0.2, 0) is 4.79 Å². The molecule has 3 amide bonds. The first kappa shape index (κ1) is 26.2. The zero-order valence-electron chi connectivity index (χ0n) is 21.0. The molecule has 1 aromatic carbocycles. The van der Waals surface area contributed by atoms with Crippen molar-refractivity contribution < 1.29 is 14.3 Å². The minimum atomic E-state index is -0.224. The smallest absolute Gasteiger partial charge is 0.326 e. The number of nitrogens with one attached hydrogen (secondary N) is 1. The number of methoxy groups -OCH3 is 1. The van der Waals surface area contributed by atoms with Crippen LogP contribution in [0.4, 0.5) is 16.2 Å². The Labute approximate surface area is 198 Å². The Kier molecular flexibility index (Phi) is 9.70. The highest BCUT2D eigenvalue weighted by Gasteiger charge is 2.32. The molecule has 1 N–H and O–H groups in total. The van der Waals surface area contributed by atoms with Crippen LogP contribution in [0.1, 0.15) is 64.6 Å². The Morgan fingerprint density at radius 1 is 1.12 bits per heavy atom. The molecule has 1 aromatic heterocycles. The van der Waals surface area contributed by atoms with Gasteiger partial charge in [-0.3, -0.25) is 9.69 Å². The Balaban J connectivity index is 0.00000187. The van der Waals surface area contributed by atoms with Gasteiger partial charge >= 0.3 is 6.03 Å². The van der Waals surface area contributed by atoms with Crippen molar-refractivity contribution in [2.24, 2.45) is 0 Å². The fourth-order valence-electron chi connectivity index (χ4n) is 4.07. The zero-order valence-corrected chi connectivity index (χ0v) is 21.0. The van der Waals surface area contributed by atoms with Crippen molar-refractivity contribution in [2.45, 2.75) is 66.3 Å². The lowest BCUT2D eigenvalue weighted by Gasteiger charge is -2.39. The Hall–Kier alpha value is -3.09. The number of benzene rings is 1. The van der Waals surface area contributed by atoms with Gasteiger partial charge in [-0.2, -0.15) is 0 Å². The molecular weight excluding hydrogens is 416 g/mol. The summed E-state index contributed by atoms with van der Waals surface area (Å²) in [6, 6.07) is 11.4. The molecule has 3 rings (SSSR count). The average Bonchev–Trinajstić information content (AvgIpc) is 2.82. The van der Waals surface area contributed by atoms with E-state index in [1.165, 1.54) is 0 Å². The number of hydrogen-bond acceptors (Lipinski definition) is 4. The number of carbonyl (C=O) groups is 2. The molecule has 33 heavy (non-hydrogen) atoms. The topological polar surface area (TPSA) is 74.8 Å². The molecule has 2 aromatic rings. The number of hydrogen-bond donors (Lipinski definition) is 1. The third kappa shape index (κ3) is 6.46. The van der Waals surface area contributed by atoms with E-state index in [2.05, 4.69) is 30.2 Å². The molecule has 1 saturated heterocycles. The molecule has 2 heterocycles. The fourth-order valence-corrected chi connectivity index (χ4v) is 4.07. The molecule has 0 aliphatic carbocycles. The van der Waals surface area contributed by atoms with Gasteiger partial charge in [0.1, 0.15) is 5.69 Å². The van der Waals surface area contributed by atoms with E-state index < -0.39 is 0 Å². The highest BCUT2D eigenvalue weighted by Crippen LogP contribution is 2.33. The first-order chi connectivity index (χ1) is 15.8. The summed E-state index contributed by atoms with van der Waals surface area (Å²) in [5.74, 6) is 0.726. The molecule has 1 fully saturated rings. The normalized spacial score (nSPS) is 13.8. The number of para-hydroxylation sites is 1. The summed E-state index contributed by atoms with van der Waals surface area (Å²) >= 11 is 0. The van der Waals surface area contributed by atoms with E-state index in [0.29, 0.717) is 24.7 Å². The number of anilines is 2. The second-order valence-corrected chi connectivity index (χ2v) is 8.26. The van der Waals surface area contributed by atoms with Gasteiger partial charge in [-0.1, -0.05) is 45.9 Å². The molecule has 1 aliphatic heterocycles. The summed E-state index contributed by atoms with van der Waals surface area (Å²) in [4.78, 5) is 33.4. The molecule has 0 radical (unpaired) electrons. The lowest BCUT2D eigenvalue weighted by molar-refractivity contribution is -0.129. The third-order valence-corrected chi connectivity index (χ3v) is 5.75. The minimum absolute atomic E-state index is 0.0140. The van der Waals surface area contributed by atoms with Crippen LogP contribution in [0, 0.1) is 6.92 Å². The van der Waals surface area contributed by atoms with Crippen molar-refractivity contribution in [3.8, 4) is 5.88 Å². The number of nitrogens with zero attached hydrogens (tertiary/aromatic N) is 3. The number of pyridine rings is 1. The Morgan fingerprint density at radius 2 is 1.76 bits per heavy atom. The molecule has 0 bridgehead atoms. The molecule has 0 spiro atoms. The predicted molar refractivity (Wildman–Crippen MR) is 134 cm³/mol. The van der Waals surface area contributed by atoms with E-state index in [9.17, 15) is 9.59 Å². The molecule has 1 aliphatic rings. The van der Waals surface area contributed by atoms with Crippen molar-refractivity contribution in [1.82, 2.24) is 9.88 Å². The van der Waals surface area contributed by atoms with Crippen LogP contribution in [0.3, 0.4) is 0 Å². The van der Waals surface area contributed by atoms with Crippen molar-refractivity contribution in [3.05, 3.63) is 47.7 Å². The first-order valence-electron chi connectivity index (χ1n) is 11.8. The highest BCUT2D eigenvalue weighted by molar-refractivity contribution is 6.03. The van der Waals surface area contributed by atoms with Gasteiger partial charge < -0.3 is 15.0 Å². The van der Waals surface area contributed by atoms with Gasteiger partial charge in [-0.25, -0.2) is 9.78 Å². The molecule has 0 atom stereocenters. The van der Waals surface area contributed by atoms with Crippen LogP contribution in [0.2, 0.25) is 0 Å². The fraction of sp³-hybridized carbons (Fsp3) is 0.500. The number of piperidine rings is 1. The molecule has 0 saturated carbocycles. The molecule has 7 nitrogen and oxygen atoms in total. The maximum atomic E-state index is 13.6. The second-order valence-electron chi connectivity index (χ2n) is 8.26. The standard InChI is InChI=1S/C24H32N4O3.C2H6/c1-16(2)20-8-6-7-9-22(20)28(19-12-14-27(15-13-19)18(4)29)24(30)26-21-11-10-17(3)25-23(21)31-5;1-2/h6-11,16,19H,12-15H2,1-5H3,(H,26,30);1-2H3. The summed E-state index contributed by atoms with van der Waals surface area (Å²) in [6.45, 7) is 13.0. The maximum Gasteiger partial charge on any atom is 0.326 e. The number of ether oxygens (including phenoxy) is 1. The summed E-state index contributed by atoms with van der Waals surface area (Å²) in [7, 11) is 1.54. The van der Waals surface area contributed by atoms with Crippen molar-refractivity contribution in [3.63, 3.8) is 0 Å². The SMILES string of the molecule is CC.COc1nc(C)ccc1NC(=O)N(c1ccccc1C(C)C)C1CCN(C(C)=O)CC1. The van der Waals surface area contributed by atoms with Crippen LogP contribution < -0.4 is 15.0 Å². The monoisotopic (exact) mass is 454 g/mol. The Morgan fingerprint density at radius 3 is 2.33 bits per heavy atom. The summed E-state index contributed by atoms with van der Waals surface area (Å²) < 4.78 is 5.37. The number of rotatable bonds is 5. The molecule has 7 heteroatoms. The number of likely N-dealkylation sites (tertiary alicyclic amines) is 1. The van der Waals surface area contributed by atoms with Gasteiger partial charge in [-0.15, -0.1) is 0 Å². The van der Waals surface area contributed by atoms with Gasteiger partial charge in [0.05, 0.1) is 7.11 Å². The lowest BCUT2D eigenvalue weighted by atomic mass is 9.97. The number of carbonyl (C=O) groups excluding carboxylic acids is 2. The van der Waals surface area contributed by atoms with Crippen LogP contribution in [0.15, 0.2) is 36.4 Å². The summed E-state index contributed by atoms with van der Waals surface area (Å²) in [6.07, 6.45) is 1.45. The lowest BCUT2D eigenvalue weighted by Crippen LogP contribution is -2.50. The van der Waals surface area contributed by atoms with Gasteiger partial charge in [0.15, 0.2) is 0 Å². The van der Waals surface area contributed by atoms with E-state index in [1.54, 1.807) is 14.0 Å². The number of amides is 3. The van der Waals surface area contributed by atoms with Crippen LogP contribution in [-0.4, -0.2) is 48.1 Å². The van der Waals surface area contributed by atoms with Crippen LogP contribution in [0.5, 0.6) is 5.88 Å². The third-order valence-electron chi connectivity index (χ3n) is 5.75. The van der Waals surface area contributed by atoms with E-state index >= 15 is 0 Å². The number of aromatic nitrogens is 1. The summed E-state index contributed by atoms with van der Waals surface area (Å²) in [5.41, 5.74) is 3.36. The van der Waals surface area contributed by atoms with E-state index in [-0.39, 0.29) is 23.9 Å². The predicted octanol–water partition coefficient (Wildman–Crippen LogP) is 5.60. The summed E-state index contributed by atoms with van der Waals surface area (Å²) in [5, 5.41) is 3.00. The molecule has 180 valence electrons. The van der Waals surface area contributed by atoms with E-state index in [1.807, 2.05) is 60.9 Å². The number of urea groups is 1. The molecule has 0 unspecified atom stereocenters. The van der Waals surface area contributed by atoms with Crippen LogP contribution in [0.25, 0.3) is 0 Å². The highest BCUT2D eigenvalue weighted by atomic mass is 16.5. The van der Waals surface area contributed by atoms with Gasteiger partial charge in [0.2, 0.25) is 11.8 Å². The maximum absolute atomic E-state index is 13.6. The van der Waals surface area contributed by atoms with Gasteiger partial charge in [-0.05, 0) is 49.4 Å². The Bertz CT molecular complexity index is 937. The number of aryl methyl sites for hydroxylation is 1. The first-order valence-corrected chi connectivity index (χ1v) is 11.8. The quantitative estimate of drug-likeness (QED) is 0.638. The van der Waals surface area contributed by atoms with Crippen molar-refractivity contribution >= 4 is 23.3 Å². The van der Waals surface area contributed by atoms with Gasteiger partial charge in [0, 0.05) is 37.4 Å². The van der Waals surface area contributed by atoms with E-state index in [0.717, 1.165) is 29.8 Å². The molecular formula is C26H38N4O3. The van der Waals surface area contributed by atoms with Crippen LogP contribution >= 0.6 is 0 Å². The van der Waals surface area contributed by atoms with Crippen molar-refractivity contribution in [1.29, 1.82) is 0 Å². The second kappa shape index (κ2) is 12.2. The largest absolute Gasteiger partial charge is 0.480 e. The van der Waals surface area contributed by atoms with Crippen molar-refractivity contribution in [2.75, 3.05) is 30.4 Å². The minimum Gasteiger partial charge on any atom is -0.480 e. The van der Waals surface area contributed by atoms with Gasteiger partial charge in [0.25, 0.3) is 0 Å².